The van der Waals surface area contributed by atoms with Crippen LogP contribution >= 0.6 is 12.6 Å². The van der Waals surface area contributed by atoms with Crippen LogP contribution in [-0.4, -0.2) is 35.9 Å². The molecule has 11 heavy (non-hydrogen) atoms. The van der Waals surface area contributed by atoms with Crippen molar-refractivity contribution < 1.29 is 14.7 Å². The molecule has 5 nitrogen and oxygen atoms in total. The van der Waals surface area contributed by atoms with Crippen LogP contribution in [0.1, 0.15) is 0 Å². The number of hydrogen-bond donors (Lipinski definition) is 4. The van der Waals surface area contributed by atoms with Crippen LogP contribution in [0.4, 0.5) is 4.79 Å². The Labute approximate surface area is 69.6 Å². The summed E-state index contributed by atoms with van der Waals surface area (Å²) in [4.78, 5) is 20.9. The van der Waals surface area contributed by atoms with Crippen LogP contribution < -0.4 is 10.6 Å². The highest BCUT2D eigenvalue weighted by Gasteiger charge is 2.16. The Kier molecular flexibility index (Phi) is 4.44. The molecule has 2 amide bonds. The summed E-state index contributed by atoms with van der Waals surface area (Å²) in [5, 5.41) is 12.9. The standard InChI is InChI=1S/C5H10N2O3S/c1-6-5(10)7-3(2-11)4(8)9/h3,11H,2H2,1H3,(H,8,9)(H2,6,7,10). The van der Waals surface area contributed by atoms with Crippen molar-refractivity contribution in [1.82, 2.24) is 10.6 Å². The number of urea groups is 1. The highest BCUT2D eigenvalue weighted by atomic mass is 32.1. The van der Waals surface area contributed by atoms with Gasteiger partial charge in [0.15, 0.2) is 0 Å². The normalized spacial score (nSPS) is 11.8. The summed E-state index contributed by atoms with van der Waals surface area (Å²) in [5.74, 6) is -1.02. The van der Waals surface area contributed by atoms with Crippen molar-refractivity contribution >= 4 is 24.6 Å². The van der Waals surface area contributed by atoms with E-state index in [-0.39, 0.29) is 5.75 Å². The molecule has 1 atom stereocenters. The Hall–Kier alpha value is -0.910. The van der Waals surface area contributed by atoms with Crippen molar-refractivity contribution in [1.29, 1.82) is 0 Å². The Morgan fingerprint density at radius 3 is 2.45 bits per heavy atom. The van der Waals surface area contributed by atoms with Gasteiger partial charge < -0.3 is 15.7 Å². The van der Waals surface area contributed by atoms with Crippen molar-refractivity contribution in [3.63, 3.8) is 0 Å². The molecule has 0 radical (unpaired) electrons. The third kappa shape index (κ3) is 3.72. The molecule has 0 bridgehead atoms. The Morgan fingerprint density at radius 1 is 1.64 bits per heavy atom. The number of amides is 2. The minimum Gasteiger partial charge on any atom is -0.480 e. The first kappa shape index (κ1) is 10.1. The van der Waals surface area contributed by atoms with E-state index in [2.05, 4.69) is 23.3 Å². The number of carboxylic acids is 1. The molecular weight excluding hydrogens is 168 g/mol. The summed E-state index contributed by atoms with van der Waals surface area (Å²) in [7, 11) is 1.41. The summed E-state index contributed by atoms with van der Waals surface area (Å²) in [6, 6.07) is -1.45. The summed E-state index contributed by atoms with van der Waals surface area (Å²) >= 11 is 3.75. The second-order valence-electron chi connectivity index (χ2n) is 1.80. The van der Waals surface area contributed by atoms with E-state index in [1.54, 1.807) is 0 Å². The van der Waals surface area contributed by atoms with Gasteiger partial charge in [-0.15, -0.1) is 0 Å². The fourth-order valence-electron chi connectivity index (χ4n) is 0.416. The zero-order valence-corrected chi connectivity index (χ0v) is 6.89. The molecule has 0 spiro atoms. The summed E-state index contributed by atoms with van der Waals surface area (Å²) in [5.41, 5.74) is 0. The average Bonchev–Trinajstić information content (AvgIpc) is 1.99. The smallest absolute Gasteiger partial charge is 0.327 e. The number of carboxylic acid groups (broad SMARTS) is 1. The molecular formula is C5H10N2O3S. The van der Waals surface area contributed by atoms with Crippen LogP contribution in [-0.2, 0) is 4.79 Å². The molecule has 0 aromatic rings. The number of hydrogen-bond acceptors (Lipinski definition) is 3. The molecule has 0 aromatic carbocycles. The monoisotopic (exact) mass is 178 g/mol. The molecule has 0 fully saturated rings. The van der Waals surface area contributed by atoms with E-state index < -0.39 is 18.0 Å². The van der Waals surface area contributed by atoms with Gasteiger partial charge in [-0.25, -0.2) is 9.59 Å². The Morgan fingerprint density at radius 2 is 2.18 bits per heavy atom. The number of thiol groups is 1. The van der Waals surface area contributed by atoms with Gasteiger partial charge in [0.2, 0.25) is 0 Å². The molecule has 6 heteroatoms. The molecule has 0 aliphatic carbocycles. The van der Waals surface area contributed by atoms with Gasteiger partial charge in [-0.1, -0.05) is 0 Å². The van der Waals surface area contributed by atoms with Crippen molar-refractivity contribution in [2.45, 2.75) is 6.04 Å². The van der Waals surface area contributed by atoms with E-state index in [1.165, 1.54) is 7.05 Å². The third-order valence-electron chi connectivity index (χ3n) is 1.01. The van der Waals surface area contributed by atoms with Crippen molar-refractivity contribution in [3.05, 3.63) is 0 Å². The lowest BCUT2D eigenvalue weighted by Gasteiger charge is -2.10. The largest absolute Gasteiger partial charge is 0.480 e. The molecule has 0 aliphatic heterocycles. The Balaban J connectivity index is 3.88. The first-order valence-electron chi connectivity index (χ1n) is 2.93. The summed E-state index contributed by atoms with van der Waals surface area (Å²) < 4.78 is 0. The van der Waals surface area contributed by atoms with Crippen LogP contribution in [0.15, 0.2) is 0 Å². The number of carbonyl (C=O) groups excluding carboxylic acids is 1. The van der Waals surface area contributed by atoms with E-state index >= 15 is 0 Å². The fourth-order valence-corrected chi connectivity index (χ4v) is 0.663. The number of nitrogens with one attached hydrogen (secondary N) is 2. The van der Waals surface area contributed by atoms with Crippen LogP contribution in [0.5, 0.6) is 0 Å². The van der Waals surface area contributed by atoms with Gasteiger partial charge in [-0.3, -0.25) is 0 Å². The summed E-state index contributed by atoms with van der Waals surface area (Å²) in [6.45, 7) is 0. The molecule has 0 rings (SSSR count). The van der Waals surface area contributed by atoms with Gasteiger partial charge in [0.25, 0.3) is 0 Å². The van der Waals surface area contributed by atoms with Crippen LogP contribution in [0.3, 0.4) is 0 Å². The SMILES string of the molecule is CNC(=O)NC(CS)C(=O)O. The quantitative estimate of drug-likeness (QED) is 0.431. The molecule has 0 aliphatic rings. The van der Waals surface area contributed by atoms with Crippen molar-refractivity contribution in [2.24, 2.45) is 0 Å². The second-order valence-corrected chi connectivity index (χ2v) is 2.16. The zero-order valence-electron chi connectivity index (χ0n) is 6.00. The van der Waals surface area contributed by atoms with Gasteiger partial charge >= 0.3 is 12.0 Å². The van der Waals surface area contributed by atoms with Crippen LogP contribution in [0, 0.1) is 0 Å². The average molecular weight is 178 g/mol. The van der Waals surface area contributed by atoms with Crippen LogP contribution in [0.25, 0.3) is 0 Å². The lowest BCUT2D eigenvalue weighted by molar-refractivity contribution is -0.138. The minimum absolute atomic E-state index is 0.0722. The number of rotatable bonds is 3. The van der Waals surface area contributed by atoms with Gasteiger partial charge in [0.1, 0.15) is 6.04 Å². The van der Waals surface area contributed by atoms with Gasteiger partial charge in [-0.05, 0) is 0 Å². The maximum absolute atomic E-state index is 10.6. The van der Waals surface area contributed by atoms with E-state index in [0.717, 1.165) is 0 Å². The van der Waals surface area contributed by atoms with E-state index in [9.17, 15) is 9.59 Å². The fraction of sp³-hybridized carbons (Fsp3) is 0.600. The van der Waals surface area contributed by atoms with Gasteiger partial charge in [0, 0.05) is 12.8 Å². The van der Waals surface area contributed by atoms with Gasteiger partial charge in [-0.2, -0.15) is 12.6 Å². The molecule has 64 valence electrons. The molecule has 3 N–H and O–H groups in total. The second kappa shape index (κ2) is 4.84. The number of aliphatic carboxylic acids is 1. The van der Waals surface area contributed by atoms with E-state index in [0.29, 0.717) is 0 Å². The van der Waals surface area contributed by atoms with Crippen molar-refractivity contribution in [2.75, 3.05) is 12.8 Å². The predicted octanol–water partition coefficient (Wildman–Crippen LogP) is -0.702. The van der Waals surface area contributed by atoms with E-state index in [4.69, 9.17) is 5.11 Å². The molecule has 0 aromatic heterocycles. The maximum atomic E-state index is 10.6. The van der Waals surface area contributed by atoms with Crippen LogP contribution in [0.2, 0.25) is 0 Å². The highest BCUT2D eigenvalue weighted by Crippen LogP contribution is 1.87. The predicted molar refractivity (Wildman–Crippen MR) is 42.9 cm³/mol. The lowest BCUT2D eigenvalue weighted by Crippen LogP contribution is -2.45. The summed E-state index contributed by atoms with van der Waals surface area (Å²) in [6.07, 6.45) is 0. The molecule has 1 unspecified atom stereocenters. The number of carbonyl (C=O) groups is 2. The lowest BCUT2D eigenvalue weighted by atomic mass is 10.3. The maximum Gasteiger partial charge on any atom is 0.327 e. The van der Waals surface area contributed by atoms with Crippen molar-refractivity contribution in [3.8, 4) is 0 Å². The molecule has 0 saturated heterocycles. The minimum atomic E-state index is -1.09. The first-order chi connectivity index (χ1) is 5.11. The topological polar surface area (TPSA) is 78.4 Å². The van der Waals surface area contributed by atoms with E-state index in [1.807, 2.05) is 0 Å². The molecule has 0 saturated carbocycles. The zero-order chi connectivity index (χ0) is 8.85. The van der Waals surface area contributed by atoms with Gasteiger partial charge in [0.05, 0.1) is 0 Å². The Bertz CT molecular complexity index is 162. The highest BCUT2D eigenvalue weighted by molar-refractivity contribution is 7.80. The first-order valence-corrected chi connectivity index (χ1v) is 3.57. The molecule has 0 heterocycles. The third-order valence-corrected chi connectivity index (χ3v) is 1.38.